The number of hydrogen-bond donors (Lipinski definition) is 1. The van der Waals surface area contributed by atoms with Gasteiger partial charge in [0.25, 0.3) is 0 Å². The number of nitrogens with zero attached hydrogens (tertiary/aromatic N) is 2. The molecule has 0 aliphatic carbocycles. The minimum absolute atomic E-state index is 0.0610. The number of carbonyl (C=O) groups is 1. The van der Waals surface area contributed by atoms with Crippen molar-refractivity contribution in [1.29, 1.82) is 0 Å². The first kappa shape index (κ1) is 19.1. The molecule has 0 atom stereocenters. The Morgan fingerprint density at radius 2 is 2.00 bits per heavy atom. The van der Waals surface area contributed by atoms with Crippen molar-refractivity contribution in [2.75, 3.05) is 6.61 Å². The van der Waals surface area contributed by atoms with E-state index in [1.165, 1.54) is 24.3 Å². The highest BCUT2D eigenvalue weighted by atomic mass is 16.6. The number of para-hydroxylation sites is 1. The molecule has 1 heterocycles. The normalized spacial score (nSPS) is 14.7. The van der Waals surface area contributed by atoms with Crippen LogP contribution in [0.25, 0.3) is 6.08 Å². The number of cyclic esters (lactones) is 1. The molecule has 0 radical (unpaired) electrons. The fourth-order valence-electron chi connectivity index (χ4n) is 2.52. The minimum atomic E-state index is -0.705. The Morgan fingerprint density at radius 3 is 2.68 bits per heavy atom. The van der Waals surface area contributed by atoms with Crippen molar-refractivity contribution in [3.8, 4) is 11.5 Å². The summed E-state index contributed by atoms with van der Waals surface area (Å²) in [5, 5.41) is 20.9. The largest absolute Gasteiger partial charge is 0.502 e. The van der Waals surface area contributed by atoms with Gasteiger partial charge in [-0.25, -0.2) is 9.79 Å². The zero-order valence-corrected chi connectivity index (χ0v) is 15.1. The Balaban J connectivity index is 1.82. The number of rotatable bonds is 7. The van der Waals surface area contributed by atoms with Crippen LogP contribution in [0.4, 0.5) is 5.69 Å². The molecule has 0 fully saturated rings. The van der Waals surface area contributed by atoms with E-state index >= 15 is 0 Å². The molecule has 28 heavy (non-hydrogen) atoms. The molecule has 0 saturated carbocycles. The maximum absolute atomic E-state index is 12.1. The lowest BCUT2D eigenvalue weighted by Crippen LogP contribution is -2.05. The summed E-state index contributed by atoms with van der Waals surface area (Å²) in [5.41, 5.74) is 0.173. The Morgan fingerprint density at radius 1 is 1.25 bits per heavy atom. The van der Waals surface area contributed by atoms with Gasteiger partial charge in [0, 0.05) is 17.2 Å². The number of aliphatic imine (C=N–C) groups is 1. The summed E-state index contributed by atoms with van der Waals surface area (Å²) in [5.74, 6) is -0.421. The molecule has 3 rings (SSSR count). The number of phenolic OH excluding ortho intramolecular Hbond substituents is 1. The van der Waals surface area contributed by atoms with Gasteiger partial charge in [0.2, 0.25) is 11.6 Å². The second-order valence-electron chi connectivity index (χ2n) is 6.03. The molecular weight excluding hydrogens is 364 g/mol. The van der Waals surface area contributed by atoms with Gasteiger partial charge in [-0.05, 0) is 36.8 Å². The van der Waals surface area contributed by atoms with Crippen LogP contribution in [-0.2, 0) is 9.53 Å². The van der Waals surface area contributed by atoms with Crippen molar-refractivity contribution in [2.45, 2.75) is 19.8 Å². The lowest BCUT2D eigenvalue weighted by atomic mass is 10.1. The summed E-state index contributed by atoms with van der Waals surface area (Å²) < 4.78 is 10.8. The van der Waals surface area contributed by atoms with E-state index in [9.17, 15) is 20.0 Å². The summed E-state index contributed by atoms with van der Waals surface area (Å²) in [7, 11) is 0. The van der Waals surface area contributed by atoms with Gasteiger partial charge in [0.1, 0.15) is 5.75 Å². The first-order chi connectivity index (χ1) is 13.5. The van der Waals surface area contributed by atoms with Gasteiger partial charge in [-0.15, -0.1) is 0 Å². The van der Waals surface area contributed by atoms with Crippen molar-refractivity contribution in [2.24, 2.45) is 4.99 Å². The summed E-state index contributed by atoms with van der Waals surface area (Å²) in [6.07, 6.45) is 3.25. The van der Waals surface area contributed by atoms with Crippen molar-refractivity contribution < 1.29 is 24.3 Å². The Kier molecular flexibility index (Phi) is 5.69. The van der Waals surface area contributed by atoms with Crippen LogP contribution in [0.3, 0.4) is 0 Å². The van der Waals surface area contributed by atoms with Crippen LogP contribution in [0.1, 0.15) is 30.9 Å². The number of carbonyl (C=O) groups excluding carboxylic acids is 1. The number of ether oxygens (including phenoxy) is 2. The van der Waals surface area contributed by atoms with E-state index in [4.69, 9.17) is 9.47 Å². The molecule has 2 aromatic carbocycles. The third-order valence-electron chi connectivity index (χ3n) is 4.02. The summed E-state index contributed by atoms with van der Waals surface area (Å²) >= 11 is 0. The van der Waals surface area contributed by atoms with E-state index in [2.05, 4.69) is 11.9 Å². The van der Waals surface area contributed by atoms with Crippen molar-refractivity contribution in [3.05, 3.63) is 69.4 Å². The first-order valence-corrected chi connectivity index (χ1v) is 8.71. The zero-order chi connectivity index (χ0) is 20.1. The van der Waals surface area contributed by atoms with E-state index in [0.29, 0.717) is 17.9 Å². The number of benzene rings is 2. The SMILES string of the molecule is CCCCOc1ccc(C2=N/C(=C\c3cccc([N+](=O)[O-])c3O)C(=O)O2)cc1. The third kappa shape index (κ3) is 4.17. The smallest absolute Gasteiger partial charge is 0.363 e. The van der Waals surface area contributed by atoms with Gasteiger partial charge in [-0.2, -0.15) is 0 Å². The summed E-state index contributed by atoms with van der Waals surface area (Å²) in [6.45, 7) is 2.71. The standard InChI is InChI=1S/C20H18N2O6/c1-2-3-11-27-15-9-7-13(8-10-15)19-21-16(20(24)28-19)12-14-5-4-6-17(18(14)23)22(25)26/h4-10,12,23H,2-3,11H2,1H3/b16-12-. The highest BCUT2D eigenvalue weighted by molar-refractivity contribution is 6.13. The lowest BCUT2D eigenvalue weighted by Gasteiger charge is -2.05. The second kappa shape index (κ2) is 8.34. The van der Waals surface area contributed by atoms with Gasteiger partial charge in [0.15, 0.2) is 5.70 Å². The zero-order valence-electron chi connectivity index (χ0n) is 15.1. The molecule has 1 N–H and O–H groups in total. The Hall–Kier alpha value is -3.68. The van der Waals surface area contributed by atoms with Crippen molar-refractivity contribution in [3.63, 3.8) is 0 Å². The fourth-order valence-corrected chi connectivity index (χ4v) is 2.52. The topological polar surface area (TPSA) is 111 Å². The van der Waals surface area contributed by atoms with E-state index in [1.54, 1.807) is 24.3 Å². The van der Waals surface area contributed by atoms with Crippen molar-refractivity contribution in [1.82, 2.24) is 0 Å². The molecule has 0 saturated heterocycles. The number of aromatic hydroxyl groups is 1. The highest BCUT2D eigenvalue weighted by Gasteiger charge is 2.25. The van der Waals surface area contributed by atoms with Crippen LogP contribution in [0.5, 0.6) is 11.5 Å². The summed E-state index contributed by atoms with van der Waals surface area (Å²) in [4.78, 5) is 26.4. The molecule has 0 spiro atoms. The van der Waals surface area contributed by atoms with Gasteiger partial charge < -0.3 is 14.6 Å². The van der Waals surface area contributed by atoms with Crippen LogP contribution >= 0.6 is 0 Å². The quantitative estimate of drug-likeness (QED) is 0.256. The molecule has 144 valence electrons. The molecule has 0 bridgehead atoms. The average molecular weight is 382 g/mol. The highest BCUT2D eigenvalue weighted by Crippen LogP contribution is 2.32. The minimum Gasteiger partial charge on any atom is -0.502 e. The van der Waals surface area contributed by atoms with Crippen LogP contribution in [-0.4, -0.2) is 28.5 Å². The molecule has 2 aromatic rings. The second-order valence-corrected chi connectivity index (χ2v) is 6.03. The Labute approximate surface area is 160 Å². The predicted molar refractivity (Wildman–Crippen MR) is 102 cm³/mol. The Bertz CT molecular complexity index is 963. The molecule has 1 aliphatic rings. The molecular formula is C20H18N2O6. The number of nitro benzene ring substituents is 1. The van der Waals surface area contributed by atoms with E-state index < -0.39 is 22.3 Å². The number of unbranched alkanes of at least 4 members (excludes halogenated alkanes) is 1. The number of nitro groups is 1. The van der Waals surface area contributed by atoms with Gasteiger partial charge in [-0.3, -0.25) is 10.1 Å². The van der Waals surface area contributed by atoms with Crippen LogP contribution < -0.4 is 4.74 Å². The number of phenols is 1. The van der Waals surface area contributed by atoms with Crippen LogP contribution in [0, 0.1) is 10.1 Å². The first-order valence-electron chi connectivity index (χ1n) is 8.71. The fraction of sp³-hybridized carbons (Fsp3) is 0.200. The maximum atomic E-state index is 12.1. The van der Waals surface area contributed by atoms with Gasteiger partial charge >= 0.3 is 11.7 Å². The molecule has 0 aromatic heterocycles. The van der Waals surface area contributed by atoms with Crippen LogP contribution in [0.2, 0.25) is 0 Å². The van der Waals surface area contributed by atoms with E-state index in [0.717, 1.165) is 12.8 Å². The van der Waals surface area contributed by atoms with Gasteiger partial charge in [-0.1, -0.05) is 25.5 Å². The average Bonchev–Trinajstić information content (AvgIpc) is 3.04. The molecule has 1 aliphatic heterocycles. The molecule has 0 amide bonds. The number of esters is 1. The van der Waals surface area contributed by atoms with E-state index in [1.807, 2.05) is 0 Å². The summed E-state index contributed by atoms with van der Waals surface area (Å²) in [6, 6.07) is 11.0. The molecule has 0 unspecified atom stereocenters. The molecule has 8 nitrogen and oxygen atoms in total. The third-order valence-corrected chi connectivity index (χ3v) is 4.02. The molecule has 8 heteroatoms. The van der Waals surface area contributed by atoms with Crippen LogP contribution in [0.15, 0.2) is 53.2 Å². The predicted octanol–water partition coefficient (Wildman–Crippen LogP) is 3.82. The maximum Gasteiger partial charge on any atom is 0.363 e. The lowest BCUT2D eigenvalue weighted by molar-refractivity contribution is -0.385. The van der Waals surface area contributed by atoms with E-state index in [-0.39, 0.29) is 17.2 Å². The van der Waals surface area contributed by atoms with Crippen molar-refractivity contribution >= 4 is 23.6 Å². The monoisotopic (exact) mass is 382 g/mol. The van der Waals surface area contributed by atoms with Gasteiger partial charge in [0.05, 0.1) is 11.5 Å². The number of hydrogen-bond acceptors (Lipinski definition) is 7.